The summed E-state index contributed by atoms with van der Waals surface area (Å²) in [5.74, 6) is 1.16. The Morgan fingerprint density at radius 1 is 1.03 bits per heavy atom. The van der Waals surface area contributed by atoms with Gasteiger partial charge in [-0.1, -0.05) is 18.2 Å². The minimum absolute atomic E-state index is 0.121. The number of anilines is 4. The standard InChI is InChI=1S/C26H28N8O2/c1-18(35)29-19-10-12-20(13-11-19)30-24-23-25(34(17-28-23)21-7-3-2-4-8-21)32-26(31-24)27-14-6-16-33-15-5-9-22(33)36/h2-4,7-8,10-13,17H,5-6,9,14-16H2,1H3,(H,29,35)(H2,27,30,31,32). The van der Waals surface area contributed by atoms with Crippen LogP contribution in [0.15, 0.2) is 60.9 Å². The van der Waals surface area contributed by atoms with Crippen molar-refractivity contribution in [1.29, 1.82) is 0 Å². The van der Waals surface area contributed by atoms with Crippen molar-refractivity contribution in [2.45, 2.75) is 26.2 Å². The number of likely N-dealkylation sites (tertiary alicyclic amines) is 1. The first-order valence-corrected chi connectivity index (χ1v) is 12.0. The van der Waals surface area contributed by atoms with Gasteiger partial charge in [-0.3, -0.25) is 14.2 Å². The first kappa shape index (κ1) is 23.3. The maximum absolute atomic E-state index is 11.9. The molecule has 5 rings (SSSR count). The van der Waals surface area contributed by atoms with Gasteiger partial charge in [-0.2, -0.15) is 9.97 Å². The second-order valence-corrected chi connectivity index (χ2v) is 8.67. The molecule has 2 amide bonds. The van der Waals surface area contributed by atoms with E-state index in [2.05, 4.69) is 20.9 Å². The highest BCUT2D eigenvalue weighted by Gasteiger charge is 2.19. The molecule has 2 aromatic heterocycles. The number of para-hydroxylation sites is 1. The van der Waals surface area contributed by atoms with Crippen LogP contribution in [0.2, 0.25) is 0 Å². The summed E-state index contributed by atoms with van der Waals surface area (Å²) >= 11 is 0. The van der Waals surface area contributed by atoms with Crippen molar-refractivity contribution in [3.05, 3.63) is 60.9 Å². The smallest absolute Gasteiger partial charge is 0.226 e. The molecule has 0 saturated carbocycles. The first-order valence-electron chi connectivity index (χ1n) is 12.0. The van der Waals surface area contributed by atoms with Gasteiger partial charge in [0.1, 0.15) is 6.33 Å². The summed E-state index contributed by atoms with van der Waals surface area (Å²) in [5.41, 5.74) is 3.77. The monoisotopic (exact) mass is 484 g/mol. The van der Waals surface area contributed by atoms with Gasteiger partial charge in [0.05, 0.1) is 0 Å². The second-order valence-electron chi connectivity index (χ2n) is 8.67. The van der Waals surface area contributed by atoms with Gasteiger partial charge in [0.25, 0.3) is 0 Å². The molecule has 3 heterocycles. The van der Waals surface area contributed by atoms with Crippen LogP contribution in [-0.4, -0.2) is 55.9 Å². The van der Waals surface area contributed by atoms with E-state index in [1.54, 1.807) is 6.33 Å². The van der Waals surface area contributed by atoms with Crippen molar-refractivity contribution < 1.29 is 9.59 Å². The van der Waals surface area contributed by atoms with Crippen LogP contribution in [-0.2, 0) is 9.59 Å². The molecule has 0 spiro atoms. The largest absolute Gasteiger partial charge is 0.354 e. The molecule has 1 saturated heterocycles. The molecule has 184 valence electrons. The van der Waals surface area contributed by atoms with E-state index in [0.717, 1.165) is 37.3 Å². The van der Waals surface area contributed by atoms with Crippen LogP contribution in [0.1, 0.15) is 26.2 Å². The third-order valence-corrected chi connectivity index (χ3v) is 5.96. The predicted octanol–water partition coefficient (Wildman–Crippen LogP) is 3.94. The van der Waals surface area contributed by atoms with Crippen LogP contribution in [0.3, 0.4) is 0 Å². The number of aromatic nitrogens is 4. The molecule has 0 unspecified atom stereocenters. The molecule has 1 aliphatic heterocycles. The van der Waals surface area contributed by atoms with Crippen molar-refractivity contribution in [2.24, 2.45) is 0 Å². The number of hydrogen-bond donors (Lipinski definition) is 3. The van der Waals surface area contributed by atoms with Crippen molar-refractivity contribution in [3.63, 3.8) is 0 Å². The normalized spacial score (nSPS) is 13.2. The number of benzene rings is 2. The zero-order chi connectivity index (χ0) is 24.9. The fraction of sp³-hybridized carbons (Fsp3) is 0.269. The van der Waals surface area contributed by atoms with Crippen LogP contribution in [0.25, 0.3) is 16.9 Å². The summed E-state index contributed by atoms with van der Waals surface area (Å²) < 4.78 is 1.93. The first-order chi connectivity index (χ1) is 17.6. The van der Waals surface area contributed by atoms with E-state index in [1.807, 2.05) is 64.1 Å². The van der Waals surface area contributed by atoms with Crippen LogP contribution in [0.5, 0.6) is 0 Å². The van der Waals surface area contributed by atoms with E-state index in [9.17, 15) is 9.59 Å². The molecule has 10 heteroatoms. The Balaban J connectivity index is 1.40. The van der Waals surface area contributed by atoms with Gasteiger partial charge in [-0.25, -0.2) is 4.98 Å². The molecule has 4 aromatic rings. The zero-order valence-electron chi connectivity index (χ0n) is 20.1. The fourth-order valence-electron chi connectivity index (χ4n) is 4.23. The Hall–Kier alpha value is -4.47. The van der Waals surface area contributed by atoms with Gasteiger partial charge in [-0.05, 0) is 49.2 Å². The highest BCUT2D eigenvalue weighted by atomic mass is 16.2. The van der Waals surface area contributed by atoms with Gasteiger partial charge in [0, 0.05) is 50.0 Å². The molecule has 0 radical (unpaired) electrons. The lowest BCUT2D eigenvalue weighted by molar-refractivity contribution is -0.127. The van der Waals surface area contributed by atoms with Crippen LogP contribution in [0.4, 0.5) is 23.1 Å². The van der Waals surface area contributed by atoms with Gasteiger partial charge < -0.3 is 20.9 Å². The number of carbonyl (C=O) groups excluding carboxylic acids is 2. The van der Waals surface area contributed by atoms with Gasteiger partial charge in [-0.15, -0.1) is 0 Å². The third-order valence-electron chi connectivity index (χ3n) is 5.96. The lowest BCUT2D eigenvalue weighted by Gasteiger charge is -2.15. The van der Waals surface area contributed by atoms with E-state index in [1.165, 1.54) is 6.92 Å². The zero-order valence-corrected chi connectivity index (χ0v) is 20.1. The van der Waals surface area contributed by atoms with E-state index in [0.29, 0.717) is 41.6 Å². The highest BCUT2D eigenvalue weighted by molar-refractivity contribution is 5.90. The third kappa shape index (κ3) is 5.27. The van der Waals surface area contributed by atoms with Crippen molar-refractivity contribution >= 4 is 46.1 Å². The molecule has 3 N–H and O–H groups in total. The Morgan fingerprint density at radius 3 is 2.53 bits per heavy atom. The maximum atomic E-state index is 11.9. The van der Waals surface area contributed by atoms with E-state index in [-0.39, 0.29) is 11.8 Å². The molecule has 1 aliphatic rings. The average Bonchev–Trinajstić information content (AvgIpc) is 3.49. The average molecular weight is 485 g/mol. The summed E-state index contributed by atoms with van der Waals surface area (Å²) in [6, 6.07) is 17.3. The molecular formula is C26H28N8O2. The fourth-order valence-corrected chi connectivity index (χ4v) is 4.23. The number of nitrogens with one attached hydrogen (secondary N) is 3. The molecule has 36 heavy (non-hydrogen) atoms. The molecule has 10 nitrogen and oxygen atoms in total. The minimum Gasteiger partial charge on any atom is -0.354 e. The molecule has 0 bridgehead atoms. The van der Waals surface area contributed by atoms with Crippen LogP contribution in [0, 0.1) is 0 Å². The van der Waals surface area contributed by atoms with Gasteiger partial charge >= 0.3 is 0 Å². The van der Waals surface area contributed by atoms with Gasteiger partial charge in [0.2, 0.25) is 17.8 Å². The molecule has 1 fully saturated rings. The Bertz CT molecular complexity index is 1370. The highest BCUT2D eigenvalue weighted by Crippen LogP contribution is 2.27. The van der Waals surface area contributed by atoms with E-state index in [4.69, 9.17) is 9.97 Å². The number of hydrogen-bond acceptors (Lipinski definition) is 7. The summed E-state index contributed by atoms with van der Waals surface area (Å²) in [4.78, 5) is 39.1. The van der Waals surface area contributed by atoms with Crippen LogP contribution < -0.4 is 16.0 Å². The van der Waals surface area contributed by atoms with Crippen LogP contribution >= 0.6 is 0 Å². The number of imidazole rings is 1. The number of nitrogens with zero attached hydrogens (tertiary/aromatic N) is 5. The Morgan fingerprint density at radius 2 is 1.81 bits per heavy atom. The lowest BCUT2D eigenvalue weighted by Crippen LogP contribution is -2.27. The predicted molar refractivity (Wildman–Crippen MR) is 140 cm³/mol. The molecule has 0 atom stereocenters. The number of amides is 2. The minimum atomic E-state index is -0.121. The summed E-state index contributed by atoms with van der Waals surface area (Å²) in [6.07, 6.45) is 4.13. The lowest BCUT2D eigenvalue weighted by atomic mass is 10.2. The van der Waals surface area contributed by atoms with Gasteiger partial charge in [0.15, 0.2) is 17.0 Å². The summed E-state index contributed by atoms with van der Waals surface area (Å²) in [7, 11) is 0. The number of rotatable bonds is 9. The van der Waals surface area contributed by atoms with E-state index >= 15 is 0 Å². The number of fused-ring (bicyclic) bond motifs is 1. The van der Waals surface area contributed by atoms with E-state index < -0.39 is 0 Å². The SMILES string of the molecule is CC(=O)Nc1ccc(Nc2nc(NCCCN3CCCC3=O)nc3c2ncn3-c2ccccc2)cc1. The summed E-state index contributed by atoms with van der Waals surface area (Å²) in [5, 5.41) is 9.42. The van der Waals surface area contributed by atoms with Crippen molar-refractivity contribution in [3.8, 4) is 5.69 Å². The quantitative estimate of drug-likeness (QED) is 0.308. The Labute approximate surface area is 208 Å². The molecular weight excluding hydrogens is 456 g/mol. The number of carbonyl (C=O) groups is 2. The molecule has 0 aliphatic carbocycles. The molecule has 2 aromatic carbocycles. The maximum Gasteiger partial charge on any atom is 0.226 e. The topological polar surface area (TPSA) is 117 Å². The Kier molecular flexibility index (Phi) is 6.74. The van der Waals surface area contributed by atoms with Crippen molar-refractivity contribution in [1.82, 2.24) is 24.4 Å². The second kappa shape index (κ2) is 10.4. The summed E-state index contributed by atoms with van der Waals surface area (Å²) in [6.45, 7) is 3.68. The van der Waals surface area contributed by atoms with Crippen molar-refractivity contribution in [2.75, 3.05) is 35.6 Å².